The number of nitrogens with one attached hydrogen (secondary N) is 1. The van der Waals surface area contributed by atoms with Crippen molar-refractivity contribution in [3.05, 3.63) is 28.8 Å². The number of piperidine rings is 1. The van der Waals surface area contributed by atoms with E-state index in [1.807, 2.05) is 6.07 Å². The molecule has 2 N–H and O–H groups in total. The summed E-state index contributed by atoms with van der Waals surface area (Å²) in [7, 11) is 0. The third kappa shape index (κ3) is 2.22. The van der Waals surface area contributed by atoms with Crippen LogP contribution < -0.4 is 5.32 Å². The second-order valence-corrected chi connectivity index (χ2v) is 4.69. The van der Waals surface area contributed by atoms with Crippen LogP contribution in [0.5, 0.6) is 5.75 Å². The van der Waals surface area contributed by atoms with Gasteiger partial charge in [0.15, 0.2) is 0 Å². The van der Waals surface area contributed by atoms with Gasteiger partial charge in [-0.3, -0.25) is 0 Å². The van der Waals surface area contributed by atoms with Gasteiger partial charge in [-0.25, -0.2) is 0 Å². The van der Waals surface area contributed by atoms with Crippen molar-refractivity contribution in [3.63, 3.8) is 0 Å². The van der Waals surface area contributed by atoms with Crippen molar-refractivity contribution in [1.29, 1.82) is 0 Å². The van der Waals surface area contributed by atoms with Gasteiger partial charge in [-0.2, -0.15) is 0 Å². The van der Waals surface area contributed by atoms with E-state index in [2.05, 4.69) is 25.2 Å². The van der Waals surface area contributed by atoms with Gasteiger partial charge in [0.1, 0.15) is 5.75 Å². The Bertz CT molecular complexity index is 367. The number of benzene rings is 1. The molecular weight excluding hydrogens is 198 g/mol. The first-order valence-electron chi connectivity index (χ1n) is 6.28. The molecule has 0 aromatic heterocycles. The Labute approximate surface area is 97.7 Å². The van der Waals surface area contributed by atoms with Gasteiger partial charge in [0.25, 0.3) is 0 Å². The number of aromatic hydroxyl groups is 1. The molecule has 88 valence electrons. The van der Waals surface area contributed by atoms with Crippen LogP contribution >= 0.6 is 0 Å². The van der Waals surface area contributed by atoms with E-state index in [4.69, 9.17) is 0 Å². The summed E-state index contributed by atoms with van der Waals surface area (Å²) in [5.41, 5.74) is 3.64. The molecule has 1 aliphatic rings. The van der Waals surface area contributed by atoms with Crippen molar-refractivity contribution in [3.8, 4) is 5.75 Å². The fraction of sp³-hybridized carbons (Fsp3) is 0.571. The Hall–Kier alpha value is -1.02. The van der Waals surface area contributed by atoms with Gasteiger partial charge in [-0.05, 0) is 55.5 Å². The summed E-state index contributed by atoms with van der Waals surface area (Å²) in [6.45, 7) is 5.29. The van der Waals surface area contributed by atoms with Crippen molar-refractivity contribution in [2.45, 2.75) is 45.6 Å². The largest absolute Gasteiger partial charge is 0.508 e. The van der Waals surface area contributed by atoms with E-state index in [1.54, 1.807) is 0 Å². The van der Waals surface area contributed by atoms with Crippen LogP contribution in [0, 0.1) is 6.92 Å². The summed E-state index contributed by atoms with van der Waals surface area (Å²) in [5, 5.41) is 13.4. The molecule has 1 fully saturated rings. The normalized spacial score (nSPS) is 21.0. The Morgan fingerprint density at radius 3 is 2.81 bits per heavy atom. The maximum Gasteiger partial charge on any atom is 0.119 e. The standard InChI is InChI=1S/C14H21NO/c1-3-11-9-12(10(2)8-14(11)16)13-6-4-5-7-15-13/h8-9,13,15-16H,3-7H2,1-2H3. The van der Waals surface area contributed by atoms with Crippen molar-refractivity contribution in [2.24, 2.45) is 0 Å². The van der Waals surface area contributed by atoms with Gasteiger partial charge in [-0.1, -0.05) is 19.4 Å². The number of rotatable bonds is 2. The lowest BCUT2D eigenvalue weighted by Gasteiger charge is -2.26. The second-order valence-electron chi connectivity index (χ2n) is 4.69. The molecule has 2 nitrogen and oxygen atoms in total. The number of hydrogen-bond donors (Lipinski definition) is 2. The molecule has 1 unspecified atom stereocenters. The molecule has 1 heterocycles. The third-order valence-corrected chi connectivity index (χ3v) is 3.53. The van der Waals surface area contributed by atoms with Gasteiger partial charge in [0.2, 0.25) is 0 Å². The quantitative estimate of drug-likeness (QED) is 0.801. The molecule has 1 aromatic rings. The fourth-order valence-corrected chi connectivity index (χ4v) is 2.53. The molecular formula is C14H21NO. The van der Waals surface area contributed by atoms with E-state index in [-0.39, 0.29) is 0 Å². The lowest BCUT2D eigenvalue weighted by molar-refractivity contribution is 0.409. The van der Waals surface area contributed by atoms with Crippen LogP contribution in [0.15, 0.2) is 12.1 Å². The van der Waals surface area contributed by atoms with Crippen molar-refractivity contribution < 1.29 is 5.11 Å². The van der Waals surface area contributed by atoms with Crippen LogP contribution in [0.4, 0.5) is 0 Å². The zero-order valence-corrected chi connectivity index (χ0v) is 10.2. The topological polar surface area (TPSA) is 32.3 Å². The molecule has 0 saturated carbocycles. The average molecular weight is 219 g/mol. The lowest BCUT2D eigenvalue weighted by Crippen LogP contribution is -2.27. The molecule has 1 saturated heterocycles. The van der Waals surface area contributed by atoms with Crippen molar-refractivity contribution in [1.82, 2.24) is 5.32 Å². The number of phenols is 1. The molecule has 1 aromatic carbocycles. The number of phenolic OH excluding ortho intramolecular Hbond substituents is 1. The Kier molecular flexibility index (Phi) is 3.49. The van der Waals surface area contributed by atoms with E-state index in [1.165, 1.54) is 30.4 Å². The first kappa shape index (κ1) is 11.5. The van der Waals surface area contributed by atoms with Gasteiger partial charge < -0.3 is 10.4 Å². The number of hydrogen-bond acceptors (Lipinski definition) is 2. The van der Waals surface area contributed by atoms with Crippen LogP contribution in [-0.2, 0) is 6.42 Å². The summed E-state index contributed by atoms with van der Waals surface area (Å²) in [5.74, 6) is 0.444. The molecule has 0 aliphatic carbocycles. The van der Waals surface area contributed by atoms with E-state index in [9.17, 15) is 5.11 Å². The summed E-state index contributed by atoms with van der Waals surface area (Å²) in [4.78, 5) is 0. The molecule has 0 radical (unpaired) electrons. The molecule has 0 amide bonds. The fourth-order valence-electron chi connectivity index (χ4n) is 2.53. The maximum atomic E-state index is 9.79. The predicted octanol–water partition coefficient (Wildman–Crippen LogP) is 3.08. The Morgan fingerprint density at radius 2 is 2.19 bits per heavy atom. The van der Waals surface area contributed by atoms with Gasteiger partial charge in [0.05, 0.1) is 0 Å². The van der Waals surface area contributed by atoms with E-state index < -0.39 is 0 Å². The minimum Gasteiger partial charge on any atom is -0.508 e. The van der Waals surface area contributed by atoms with Crippen LogP contribution in [0.3, 0.4) is 0 Å². The van der Waals surface area contributed by atoms with Crippen molar-refractivity contribution >= 4 is 0 Å². The summed E-state index contributed by atoms with van der Waals surface area (Å²) < 4.78 is 0. The SMILES string of the molecule is CCc1cc(C2CCCCN2)c(C)cc1O. The summed E-state index contributed by atoms with van der Waals surface area (Å²) in [6.07, 6.45) is 4.70. The molecule has 0 bridgehead atoms. The molecule has 2 heteroatoms. The average Bonchev–Trinajstić information content (AvgIpc) is 2.30. The van der Waals surface area contributed by atoms with Gasteiger partial charge in [0, 0.05) is 6.04 Å². The first-order valence-corrected chi connectivity index (χ1v) is 6.28. The van der Waals surface area contributed by atoms with Gasteiger partial charge >= 0.3 is 0 Å². The second kappa shape index (κ2) is 4.88. The van der Waals surface area contributed by atoms with E-state index >= 15 is 0 Å². The number of aryl methyl sites for hydroxylation is 2. The molecule has 1 aliphatic heterocycles. The Balaban J connectivity index is 2.31. The lowest BCUT2D eigenvalue weighted by atomic mass is 9.92. The van der Waals surface area contributed by atoms with E-state index in [0.29, 0.717) is 11.8 Å². The highest BCUT2D eigenvalue weighted by atomic mass is 16.3. The van der Waals surface area contributed by atoms with Gasteiger partial charge in [-0.15, -0.1) is 0 Å². The smallest absolute Gasteiger partial charge is 0.119 e. The predicted molar refractivity (Wildman–Crippen MR) is 66.8 cm³/mol. The zero-order valence-electron chi connectivity index (χ0n) is 10.2. The molecule has 2 rings (SSSR count). The van der Waals surface area contributed by atoms with Crippen LogP contribution in [0.25, 0.3) is 0 Å². The highest BCUT2D eigenvalue weighted by Gasteiger charge is 2.17. The summed E-state index contributed by atoms with van der Waals surface area (Å²) >= 11 is 0. The monoisotopic (exact) mass is 219 g/mol. The summed E-state index contributed by atoms with van der Waals surface area (Å²) in [6, 6.07) is 4.57. The van der Waals surface area contributed by atoms with Crippen molar-refractivity contribution in [2.75, 3.05) is 6.54 Å². The van der Waals surface area contributed by atoms with E-state index in [0.717, 1.165) is 18.5 Å². The zero-order chi connectivity index (χ0) is 11.5. The maximum absolute atomic E-state index is 9.79. The molecule has 16 heavy (non-hydrogen) atoms. The third-order valence-electron chi connectivity index (χ3n) is 3.53. The van der Waals surface area contributed by atoms with Crippen LogP contribution in [0.1, 0.15) is 48.9 Å². The molecule has 1 atom stereocenters. The van der Waals surface area contributed by atoms with Crippen LogP contribution in [-0.4, -0.2) is 11.7 Å². The minimum absolute atomic E-state index is 0.444. The van der Waals surface area contributed by atoms with Crippen LogP contribution in [0.2, 0.25) is 0 Å². The first-order chi connectivity index (χ1) is 7.72. The highest BCUT2D eigenvalue weighted by molar-refractivity contribution is 5.42. The molecule has 0 spiro atoms. The highest BCUT2D eigenvalue weighted by Crippen LogP contribution is 2.30. The minimum atomic E-state index is 0.444. The Morgan fingerprint density at radius 1 is 1.38 bits per heavy atom.